The first-order chi connectivity index (χ1) is 10.7. The summed E-state index contributed by atoms with van der Waals surface area (Å²) in [5.41, 5.74) is 8.25. The number of para-hydroxylation sites is 1. The van der Waals surface area contributed by atoms with Crippen molar-refractivity contribution in [2.24, 2.45) is 5.73 Å². The molecule has 5 nitrogen and oxygen atoms in total. The van der Waals surface area contributed by atoms with Gasteiger partial charge < -0.3 is 16.5 Å². The Morgan fingerprint density at radius 1 is 1.23 bits per heavy atom. The van der Waals surface area contributed by atoms with Crippen molar-refractivity contribution in [2.75, 3.05) is 5.32 Å². The number of aromatic nitrogens is 1. The quantitative estimate of drug-likeness (QED) is 0.584. The van der Waals surface area contributed by atoms with Gasteiger partial charge in [0.25, 0.3) is 0 Å². The zero-order valence-corrected chi connectivity index (χ0v) is 11.9. The van der Waals surface area contributed by atoms with Gasteiger partial charge in [0.1, 0.15) is 0 Å². The number of anilines is 1. The topological polar surface area (TPSA) is 91.9 Å². The fraction of sp³-hybridized carbons (Fsp3) is 0. The van der Waals surface area contributed by atoms with Crippen LogP contribution in [-0.4, -0.2) is 17.1 Å². The minimum atomic E-state index is -0.242. The van der Waals surface area contributed by atoms with Crippen LogP contribution in [-0.2, 0) is 4.79 Å². The second-order valence-corrected chi connectivity index (χ2v) is 4.42. The lowest BCUT2D eigenvalue weighted by molar-refractivity contribution is -0.111. The van der Waals surface area contributed by atoms with Crippen molar-refractivity contribution >= 4 is 29.5 Å². The van der Waals surface area contributed by atoms with Crippen molar-refractivity contribution < 1.29 is 4.79 Å². The maximum atomic E-state index is 11.9. The summed E-state index contributed by atoms with van der Waals surface area (Å²) < 4.78 is 0. The fourth-order valence-electron chi connectivity index (χ4n) is 1.89. The van der Waals surface area contributed by atoms with Crippen LogP contribution in [0.2, 0.25) is 0 Å². The maximum absolute atomic E-state index is 11.9. The highest BCUT2D eigenvalue weighted by Crippen LogP contribution is 2.17. The second-order valence-electron chi connectivity index (χ2n) is 4.42. The molecule has 0 aliphatic heterocycles. The van der Waals surface area contributed by atoms with Crippen LogP contribution in [0.5, 0.6) is 0 Å². The van der Waals surface area contributed by atoms with E-state index in [4.69, 9.17) is 11.1 Å². The average Bonchev–Trinajstić information content (AvgIpc) is 2.56. The summed E-state index contributed by atoms with van der Waals surface area (Å²) in [6, 6.07) is 10.9. The Balaban J connectivity index is 2.17. The SMILES string of the molecule is N=C/C(=C\N)c1ccncc1/C=C/C(=O)Nc1ccccc1. The molecule has 2 aromatic rings. The summed E-state index contributed by atoms with van der Waals surface area (Å²) >= 11 is 0. The average molecular weight is 292 g/mol. The van der Waals surface area contributed by atoms with Gasteiger partial charge in [-0.2, -0.15) is 0 Å². The Morgan fingerprint density at radius 2 is 2.00 bits per heavy atom. The van der Waals surface area contributed by atoms with Gasteiger partial charge in [-0.1, -0.05) is 18.2 Å². The molecule has 1 aromatic carbocycles. The van der Waals surface area contributed by atoms with Gasteiger partial charge in [0, 0.05) is 47.7 Å². The van der Waals surface area contributed by atoms with Crippen molar-refractivity contribution in [3.05, 3.63) is 72.2 Å². The van der Waals surface area contributed by atoms with E-state index >= 15 is 0 Å². The molecule has 0 fully saturated rings. The van der Waals surface area contributed by atoms with Crippen molar-refractivity contribution in [1.82, 2.24) is 4.98 Å². The lowest BCUT2D eigenvalue weighted by Gasteiger charge is -2.05. The Bertz CT molecular complexity index is 720. The molecule has 5 heteroatoms. The first-order valence-corrected chi connectivity index (χ1v) is 6.65. The number of hydrogen-bond donors (Lipinski definition) is 3. The molecule has 1 aromatic heterocycles. The highest BCUT2D eigenvalue weighted by molar-refractivity contribution is 6.10. The second kappa shape index (κ2) is 7.54. The van der Waals surface area contributed by atoms with Gasteiger partial charge in [0.15, 0.2) is 0 Å². The number of carbonyl (C=O) groups is 1. The molecule has 0 aliphatic rings. The first kappa shape index (κ1) is 15.2. The summed E-state index contributed by atoms with van der Waals surface area (Å²) in [6.07, 6.45) is 8.82. The standard InChI is InChI=1S/C17H16N4O/c18-10-14(11-19)16-8-9-20-12-13(16)6-7-17(22)21-15-4-2-1-3-5-15/h1-12,18H,19H2,(H,21,22)/b7-6+,14-11+,18-10?. The number of nitrogens with zero attached hydrogens (tertiary/aromatic N) is 1. The van der Waals surface area contributed by atoms with E-state index in [1.165, 1.54) is 12.3 Å². The van der Waals surface area contributed by atoms with E-state index in [-0.39, 0.29) is 5.91 Å². The highest BCUT2D eigenvalue weighted by Gasteiger charge is 2.04. The third kappa shape index (κ3) is 3.89. The molecular formula is C17H16N4O. The number of allylic oxidation sites excluding steroid dienone is 1. The normalized spacial score (nSPS) is 11.4. The van der Waals surface area contributed by atoms with Gasteiger partial charge in [-0.15, -0.1) is 0 Å². The maximum Gasteiger partial charge on any atom is 0.248 e. The van der Waals surface area contributed by atoms with Gasteiger partial charge in [0.05, 0.1) is 0 Å². The molecule has 0 aliphatic carbocycles. The lowest BCUT2D eigenvalue weighted by atomic mass is 10.0. The Kier molecular flexibility index (Phi) is 5.20. The number of nitrogens with two attached hydrogens (primary N) is 1. The number of hydrogen-bond acceptors (Lipinski definition) is 4. The molecule has 0 atom stereocenters. The van der Waals surface area contributed by atoms with Gasteiger partial charge in [-0.3, -0.25) is 9.78 Å². The van der Waals surface area contributed by atoms with Crippen molar-refractivity contribution in [1.29, 1.82) is 5.41 Å². The van der Waals surface area contributed by atoms with Crippen molar-refractivity contribution in [3.63, 3.8) is 0 Å². The number of benzene rings is 1. The van der Waals surface area contributed by atoms with Crippen LogP contribution in [0.1, 0.15) is 11.1 Å². The van der Waals surface area contributed by atoms with Gasteiger partial charge in [-0.25, -0.2) is 0 Å². The van der Waals surface area contributed by atoms with E-state index in [1.54, 1.807) is 24.5 Å². The molecule has 0 saturated heterocycles. The van der Waals surface area contributed by atoms with Crippen LogP contribution >= 0.6 is 0 Å². The molecule has 0 spiro atoms. The third-order valence-corrected chi connectivity index (χ3v) is 2.95. The number of nitrogens with one attached hydrogen (secondary N) is 2. The summed E-state index contributed by atoms with van der Waals surface area (Å²) in [7, 11) is 0. The summed E-state index contributed by atoms with van der Waals surface area (Å²) in [5, 5.41) is 10.1. The molecule has 0 radical (unpaired) electrons. The highest BCUT2D eigenvalue weighted by atomic mass is 16.1. The molecule has 4 N–H and O–H groups in total. The Hall–Kier alpha value is -3.21. The van der Waals surface area contributed by atoms with Crippen LogP contribution in [0.25, 0.3) is 11.6 Å². The minimum absolute atomic E-state index is 0.242. The molecule has 2 rings (SSSR count). The summed E-state index contributed by atoms with van der Waals surface area (Å²) in [5.74, 6) is -0.242. The monoisotopic (exact) mass is 292 g/mol. The number of rotatable bonds is 5. The molecule has 110 valence electrons. The molecule has 0 saturated carbocycles. The largest absolute Gasteiger partial charge is 0.404 e. The van der Waals surface area contributed by atoms with E-state index in [0.717, 1.165) is 17.5 Å². The Morgan fingerprint density at radius 3 is 2.68 bits per heavy atom. The molecule has 1 heterocycles. The minimum Gasteiger partial charge on any atom is -0.404 e. The van der Waals surface area contributed by atoms with E-state index < -0.39 is 0 Å². The number of carbonyl (C=O) groups excluding carboxylic acids is 1. The van der Waals surface area contributed by atoms with E-state index in [2.05, 4.69) is 10.3 Å². The molecular weight excluding hydrogens is 276 g/mol. The first-order valence-electron chi connectivity index (χ1n) is 6.65. The lowest BCUT2D eigenvalue weighted by Crippen LogP contribution is -2.07. The van der Waals surface area contributed by atoms with Crippen LogP contribution in [0.4, 0.5) is 5.69 Å². The molecule has 0 bridgehead atoms. The predicted molar refractivity (Wildman–Crippen MR) is 89.3 cm³/mol. The zero-order valence-electron chi connectivity index (χ0n) is 11.9. The van der Waals surface area contributed by atoms with Crippen molar-refractivity contribution in [2.45, 2.75) is 0 Å². The smallest absolute Gasteiger partial charge is 0.248 e. The van der Waals surface area contributed by atoms with Gasteiger partial charge in [0.2, 0.25) is 5.91 Å². The number of amides is 1. The van der Waals surface area contributed by atoms with Crippen molar-refractivity contribution in [3.8, 4) is 0 Å². The van der Waals surface area contributed by atoms with Crippen LogP contribution in [0.3, 0.4) is 0 Å². The summed E-state index contributed by atoms with van der Waals surface area (Å²) in [6.45, 7) is 0. The Labute approximate surface area is 128 Å². The van der Waals surface area contributed by atoms with Crippen LogP contribution in [0, 0.1) is 5.41 Å². The molecule has 22 heavy (non-hydrogen) atoms. The van der Waals surface area contributed by atoms with Gasteiger partial charge >= 0.3 is 0 Å². The molecule has 0 unspecified atom stereocenters. The van der Waals surface area contributed by atoms with Crippen LogP contribution < -0.4 is 11.1 Å². The van der Waals surface area contributed by atoms with Crippen LogP contribution in [0.15, 0.2) is 61.1 Å². The summed E-state index contributed by atoms with van der Waals surface area (Å²) in [4.78, 5) is 15.9. The van der Waals surface area contributed by atoms with E-state index in [0.29, 0.717) is 11.1 Å². The fourth-order valence-corrected chi connectivity index (χ4v) is 1.89. The molecule has 1 amide bonds. The van der Waals surface area contributed by atoms with E-state index in [1.807, 2.05) is 30.3 Å². The third-order valence-electron chi connectivity index (χ3n) is 2.95. The number of pyridine rings is 1. The van der Waals surface area contributed by atoms with E-state index in [9.17, 15) is 4.79 Å². The van der Waals surface area contributed by atoms with Gasteiger partial charge in [-0.05, 0) is 29.8 Å². The predicted octanol–water partition coefficient (Wildman–Crippen LogP) is 2.68. The zero-order chi connectivity index (χ0) is 15.8.